The molecule has 0 fully saturated rings. The molecule has 6 heavy (non-hydrogen) atoms. The predicted molar refractivity (Wildman–Crippen MR) is 23.5 cm³/mol. The fourth-order valence-corrected chi connectivity index (χ4v) is 0.121. The first-order chi connectivity index (χ1) is 2.91. The Kier molecular flexibility index (Phi) is 3.85. The van der Waals surface area contributed by atoms with Crippen LogP contribution in [0.3, 0.4) is 0 Å². The van der Waals surface area contributed by atoms with E-state index in [-0.39, 0.29) is 0 Å². The SMILES string of the molecule is [N-]=[N+]=NSC=O. The van der Waals surface area contributed by atoms with Crippen LogP contribution in [0, 0.1) is 0 Å². The van der Waals surface area contributed by atoms with Gasteiger partial charge in [0.1, 0.15) is 0 Å². The van der Waals surface area contributed by atoms with Crippen LogP contribution < -0.4 is 0 Å². The monoisotopic (exact) mass is 103 g/mol. The number of azide groups is 1. The summed E-state index contributed by atoms with van der Waals surface area (Å²) in [4.78, 5) is 11.5. The van der Waals surface area contributed by atoms with Crippen molar-refractivity contribution in [1.29, 1.82) is 0 Å². The minimum Gasteiger partial charge on any atom is -0.291 e. The Bertz CT molecular complexity index is 84.8. The molecule has 32 valence electrons. The number of carbonyl (C=O) groups excluding carboxylic acids is 1. The first-order valence-electron chi connectivity index (χ1n) is 1.05. The maximum Gasteiger partial charge on any atom is 0.183 e. The number of nitrogens with zero attached hydrogens (tertiary/aromatic N) is 3. The predicted octanol–water partition coefficient (Wildman–Crippen LogP) is 1.14. The molecule has 0 amide bonds. The van der Waals surface area contributed by atoms with Crippen LogP contribution in [-0.2, 0) is 4.79 Å². The lowest BCUT2D eigenvalue weighted by Crippen LogP contribution is -1.43. The van der Waals surface area contributed by atoms with Crippen molar-refractivity contribution in [2.45, 2.75) is 0 Å². The molecule has 0 aliphatic rings. The van der Waals surface area contributed by atoms with Gasteiger partial charge in [0.15, 0.2) is 5.62 Å². The molecular formula is CHN3OS. The van der Waals surface area contributed by atoms with Crippen LogP contribution in [0.15, 0.2) is 4.52 Å². The lowest BCUT2D eigenvalue weighted by Gasteiger charge is -1.58. The van der Waals surface area contributed by atoms with Gasteiger partial charge in [0.25, 0.3) is 0 Å². The topological polar surface area (TPSA) is 65.8 Å². The van der Waals surface area contributed by atoms with E-state index in [0.717, 1.165) is 0 Å². The van der Waals surface area contributed by atoms with E-state index in [0.29, 0.717) is 17.6 Å². The standard InChI is InChI=1S/CHN3OS/c2-3-4-6-1-5/h1H. The van der Waals surface area contributed by atoms with E-state index in [2.05, 4.69) is 9.43 Å². The number of rotatable bonds is 2. The summed E-state index contributed by atoms with van der Waals surface area (Å²) >= 11 is 0.536. The van der Waals surface area contributed by atoms with Gasteiger partial charge in [-0.05, 0) is 10.1 Å². The van der Waals surface area contributed by atoms with Gasteiger partial charge < -0.3 is 0 Å². The zero-order valence-corrected chi connectivity index (χ0v) is 3.55. The molecular weight excluding hydrogens is 102 g/mol. The molecule has 0 aliphatic carbocycles. The summed E-state index contributed by atoms with van der Waals surface area (Å²) in [5.41, 5.74) is 7.93. The molecule has 0 radical (unpaired) electrons. The zero-order valence-electron chi connectivity index (χ0n) is 2.74. The molecule has 0 saturated carbocycles. The molecule has 0 aromatic heterocycles. The van der Waals surface area contributed by atoms with Gasteiger partial charge in [-0.2, -0.15) is 0 Å². The van der Waals surface area contributed by atoms with Crippen molar-refractivity contribution < 1.29 is 4.79 Å². The second kappa shape index (κ2) is 4.33. The Labute approximate surface area is 38.3 Å². The Morgan fingerprint density at radius 1 is 2.00 bits per heavy atom. The van der Waals surface area contributed by atoms with E-state index in [1.165, 1.54) is 0 Å². The molecule has 0 aromatic carbocycles. The second-order valence-electron chi connectivity index (χ2n) is 0.373. The molecule has 4 nitrogen and oxygen atoms in total. The Morgan fingerprint density at radius 2 is 2.67 bits per heavy atom. The Balaban J connectivity index is 3.07. The molecule has 0 aromatic rings. The van der Waals surface area contributed by atoms with E-state index >= 15 is 0 Å². The van der Waals surface area contributed by atoms with E-state index in [1.807, 2.05) is 0 Å². The summed E-state index contributed by atoms with van der Waals surface area (Å²) in [6.07, 6.45) is 0. The van der Waals surface area contributed by atoms with Gasteiger partial charge >= 0.3 is 0 Å². The zero-order chi connectivity index (χ0) is 4.83. The lowest BCUT2D eigenvalue weighted by molar-refractivity contribution is 0.570. The molecule has 0 bridgehead atoms. The van der Waals surface area contributed by atoms with Gasteiger partial charge in [0, 0.05) is 16.9 Å². The number of hydrogen-bond donors (Lipinski definition) is 0. The summed E-state index contributed by atoms with van der Waals surface area (Å²) in [5, 5.41) is 0. The third-order valence-electron chi connectivity index (χ3n) is 0.127. The van der Waals surface area contributed by atoms with Crippen LogP contribution in [0.1, 0.15) is 0 Å². The summed E-state index contributed by atoms with van der Waals surface area (Å²) < 4.78 is 2.82. The van der Waals surface area contributed by atoms with E-state index in [9.17, 15) is 4.79 Å². The Hall–Kier alpha value is -0.670. The van der Waals surface area contributed by atoms with Crippen LogP contribution >= 0.6 is 11.9 Å². The Morgan fingerprint density at radius 3 is 2.83 bits per heavy atom. The number of carbonyl (C=O) groups is 1. The molecule has 0 atom stereocenters. The van der Waals surface area contributed by atoms with Crippen molar-refractivity contribution in [1.82, 2.24) is 0 Å². The van der Waals surface area contributed by atoms with Crippen LogP contribution in [0.25, 0.3) is 10.4 Å². The van der Waals surface area contributed by atoms with Crippen molar-refractivity contribution in [3.8, 4) is 0 Å². The van der Waals surface area contributed by atoms with Crippen molar-refractivity contribution in [2.75, 3.05) is 0 Å². The molecule has 0 rings (SSSR count). The first kappa shape index (κ1) is 5.33. The van der Waals surface area contributed by atoms with Gasteiger partial charge in [-0.1, -0.05) is 0 Å². The normalized spacial score (nSPS) is 6.00. The van der Waals surface area contributed by atoms with E-state index in [1.54, 1.807) is 0 Å². The first-order valence-corrected chi connectivity index (χ1v) is 1.89. The van der Waals surface area contributed by atoms with Crippen LogP contribution in [0.5, 0.6) is 0 Å². The minimum absolute atomic E-state index is 0.458. The van der Waals surface area contributed by atoms with Crippen LogP contribution in [-0.4, -0.2) is 5.62 Å². The highest BCUT2D eigenvalue weighted by molar-refractivity contribution is 8.10. The molecule has 0 heterocycles. The highest BCUT2D eigenvalue weighted by atomic mass is 32.2. The molecule has 0 unspecified atom stereocenters. The minimum atomic E-state index is 0.458. The molecule has 0 aliphatic heterocycles. The largest absolute Gasteiger partial charge is 0.291 e. The maximum atomic E-state index is 9.26. The summed E-state index contributed by atoms with van der Waals surface area (Å²) in [5.74, 6) is 0. The van der Waals surface area contributed by atoms with Crippen molar-refractivity contribution >= 4 is 17.6 Å². The third-order valence-corrected chi connectivity index (χ3v) is 0.380. The quantitative estimate of drug-likeness (QED) is 0.173. The van der Waals surface area contributed by atoms with Crippen molar-refractivity contribution in [2.24, 2.45) is 4.52 Å². The van der Waals surface area contributed by atoms with Gasteiger partial charge in [-0.25, -0.2) is 0 Å². The van der Waals surface area contributed by atoms with E-state index < -0.39 is 0 Å². The summed E-state index contributed by atoms with van der Waals surface area (Å²) in [6.45, 7) is 0. The van der Waals surface area contributed by atoms with Gasteiger partial charge in [0.05, 0.1) is 0 Å². The van der Waals surface area contributed by atoms with Crippen molar-refractivity contribution in [3.63, 3.8) is 0 Å². The molecule has 0 N–H and O–H groups in total. The average Bonchev–Trinajstić information content (AvgIpc) is 1.61. The fraction of sp³-hybridized carbons (Fsp3) is 0. The third kappa shape index (κ3) is 3.33. The number of hydrogen-bond acceptors (Lipinski definition) is 3. The highest BCUT2D eigenvalue weighted by Crippen LogP contribution is 1.91. The fourth-order valence-electron chi connectivity index (χ4n) is 0.0403. The van der Waals surface area contributed by atoms with Gasteiger partial charge in [0.2, 0.25) is 0 Å². The van der Waals surface area contributed by atoms with Gasteiger partial charge in [-0.15, -0.1) is 0 Å². The summed E-state index contributed by atoms with van der Waals surface area (Å²) in [6, 6.07) is 0. The molecule has 5 heteroatoms. The van der Waals surface area contributed by atoms with Crippen LogP contribution in [0.2, 0.25) is 0 Å². The smallest absolute Gasteiger partial charge is 0.183 e. The van der Waals surface area contributed by atoms with E-state index in [4.69, 9.17) is 5.53 Å². The second-order valence-corrected chi connectivity index (χ2v) is 0.939. The lowest BCUT2D eigenvalue weighted by atomic mass is 11.8. The molecule has 0 spiro atoms. The average molecular weight is 103 g/mol. The van der Waals surface area contributed by atoms with Crippen molar-refractivity contribution in [3.05, 3.63) is 10.4 Å². The summed E-state index contributed by atoms with van der Waals surface area (Å²) in [7, 11) is 0. The highest BCUT2D eigenvalue weighted by Gasteiger charge is 1.63. The maximum absolute atomic E-state index is 9.26. The van der Waals surface area contributed by atoms with Gasteiger partial charge in [-0.3, -0.25) is 4.79 Å². The molecule has 0 saturated heterocycles. The van der Waals surface area contributed by atoms with Crippen LogP contribution in [0.4, 0.5) is 0 Å².